The van der Waals surface area contributed by atoms with Crippen molar-refractivity contribution in [1.29, 1.82) is 0 Å². The van der Waals surface area contributed by atoms with Crippen molar-refractivity contribution in [3.05, 3.63) is 22.7 Å². The summed E-state index contributed by atoms with van der Waals surface area (Å²) in [5.41, 5.74) is 1.12. The first-order chi connectivity index (χ1) is 7.70. The van der Waals surface area contributed by atoms with Gasteiger partial charge in [0.1, 0.15) is 5.75 Å². The summed E-state index contributed by atoms with van der Waals surface area (Å²) in [4.78, 5) is 0. The van der Waals surface area contributed by atoms with Gasteiger partial charge >= 0.3 is 0 Å². The van der Waals surface area contributed by atoms with E-state index in [2.05, 4.69) is 28.2 Å². The molecule has 1 fully saturated rings. The number of thioether (sulfide) groups is 1. The Bertz CT molecular complexity index is 372. The maximum absolute atomic E-state index is 5.24. The van der Waals surface area contributed by atoms with Crippen LogP contribution in [0.3, 0.4) is 0 Å². The van der Waals surface area contributed by atoms with E-state index >= 15 is 0 Å². The van der Waals surface area contributed by atoms with E-state index < -0.39 is 0 Å². The molecule has 1 aliphatic rings. The van der Waals surface area contributed by atoms with Gasteiger partial charge in [0.15, 0.2) is 0 Å². The van der Waals surface area contributed by atoms with E-state index in [1.165, 1.54) is 12.2 Å². The third-order valence-electron chi connectivity index (χ3n) is 2.89. The van der Waals surface area contributed by atoms with Gasteiger partial charge in [-0.1, -0.05) is 6.92 Å². The molecule has 4 heteroatoms. The van der Waals surface area contributed by atoms with Gasteiger partial charge in [-0.25, -0.2) is 0 Å². The standard InChI is InChI=1S/C12H16BrNOS/c1-8-11(5-6-16-8)14-12-7-9(15-2)3-4-10(12)13/h3-4,7-8,11,14H,5-6H2,1-2H3. The van der Waals surface area contributed by atoms with Crippen LogP contribution < -0.4 is 10.1 Å². The van der Waals surface area contributed by atoms with Gasteiger partial charge in [-0.3, -0.25) is 0 Å². The van der Waals surface area contributed by atoms with Crippen LogP contribution in [-0.2, 0) is 0 Å². The predicted molar refractivity (Wildman–Crippen MR) is 74.6 cm³/mol. The summed E-state index contributed by atoms with van der Waals surface area (Å²) >= 11 is 5.59. The number of methoxy groups -OCH3 is 1. The van der Waals surface area contributed by atoms with Gasteiger partial charge in [0.2, 0.25) is 0 Å². The Morgan fingerprint density at radius 3 is 2.94 bits per heavy atom. The third kappa shape index (κ3) is 2.66. The average Bonchev–Trinajstić information content (AvgIpc) is 2.68. The van der Waals surface area contributed by atoms with Crippen LogP contribution in [-0.4, -0.2) is 24.2 Å². The molecule has 16 heavy (non-hydrogen) atoms. The molecule has 0 spiro atoms. The summed E-state index contributed by atoms with van der Waals surface area (Å²) in [6.07, 6.45) is 1.23. The monoisotopic (exact) mass is 301 g/mol. The topological polar surface area (TPSA) is 21.3 Å². The summed E-state index contributed by atoms with van der Waals surface area (Å²) in [6.45, 7) is 2.28. The Hall–Kier alpha value is -0.350. The lowest BCUT2D eigenvalue weighted by molar-refractivity contribution is 0.415. The molecular weight excluding hydrogens is 286 g/mol. The molecule has 0 aromatic heterocycles. The molecule has 2 unspecified atom stereocenters. The second kappa shape index (κ2) is 5.32. The smallest absolute Gasteiger partial charge is 0.121 e. The van der Waals surface area contributed by atoms with E-state index in [1.54, 1.807) is 7.11 Å². The Morgan fingerprint density at radius 2 is 2.31 bits per heavy atom. The van der Waals surface area contributed by atoms with Crippen LogP contribution in [0.1, 0.15) is 13.3 Å². The minimum atomic E-state index is 0.563. The van der Waals surface area contributed by atoms with Gasteiger partial charge in [0.25, 0.3) is 0 Å². The van der Waals surface area contributed by atoms with Crippen LogP contribution in [0, 0.1) is 0 Å². The molecule has 1 aromatic rings. The van der Waals surface area contributed by atoms with Gasteiger partial charge in [-0.05, 0) is 40.2 Å². The average molecular weight is 302 g/mol. The van der Waals surface area contributed by atoms with Crippen LogP contribution in [0.25, 0.3) is 0 Å². The maximum Gasteiger partial charge on any atom is 0.121 e. The van der Waals surface area contributed by atoms with Gasteiger partial charge in [0, 0.05) is 21.8 Å². The van der Waals surface area contributed by atoms with E-state index in [9.17, 15) is 0 Å². The minimum absolute atomic E-state index is 0.563. The fourth-order valence-electron chi connectivity index (χ4n) is 1.86. The lowest BCUT2D eigenvalue weighted by atomic mass is 10.1. The first kappa shape index (κ1) is 12.1. The Labute approximate surface area is 109 Å². The van der Waals surface area contributed by atoms with Crippen LogP contribution >= 0.6 is 27.7 Å². The molecule has 0 bridgehead atoms. The highest BCUT2D eigenvalue weighted by Crippen LogP contribution is 2.33. The highest BCUT2D eigenvalue weighted by atomic mass is 79.9. The zero-order valence-electron chi connectivity index (χ0n) is 9.50. The van der Waals surface area contributed by atoms with E-state index in [1.807, 2.05) is 30.0 Å². The zero-order valence-corrected chi connectivity index (χ0v) is 11.9. The Balaban J connectivity index is 2.13. The number of benzene rings is 1. The molecule has 2 nitrogen and oxygen atoms in total. The van der Waals surface area contributed by atoms with Crippen molar-refractivity contribution >= 4 is 33.4 Å². The highest BCUT2D eigenvalue weighted by molar-refractivity contribution is 9.10. The molecule has 1 aromatic carbocycles. The molecule has 1 heterocycles. The van der Waals surface area contributed by atoms with E-state index in [4.69, 9.17) is 4.74 Å². The maximum atomic E-state index is 5.24. The fourth-order valence-corrected chi connectivity index (χ4v) is 3.42. The SMILES string of the molecule is COc1ccc(Br)c(NC2CCSC2C)c1. The van der Waals surface area contributed by atoms with Crippen molar-refractivity contribution in [2.24, 2.45) is 0 Å². The van der Waals surface area contributed by atoms with Crippen LogP contribution in [0.2, 0.25) is 0 Å². The van der Waals surface area contributed by atoms with E-state index in [-0.39, 0.29) is 0 Å². The lowest BCUT2D eigenvalue weighted by Gasteiger charge is -2.19. The summed E-state index contributed by atoms with van der Waals surface area (Å²) < 4.78 is 6.33. The fraction of sp³-hybridized carbons (Fsp3) is 0.500. The number of ether oxygens (including phenoxy) is 1. The molecule has 2 rings (SSSR count). The Morgan fingerprint density at radius 1 is 1.50 bits per heavy atom. The molecule has 0 amide bonds. The Kier molecular flexibility index (Phi) is 4.03. The van der Waals surface area contributed by atoms with E-state index in [0.717, 1.165) is 15.9 Å². The molecule has 0 radical (unpaired) electrons. The predicted octanol–water partition coefficient (Wildman–Crippen LogP) is 3.76. The summed E-state index contributed by atoms with van der Waals surface area (Å²) in [5, 5.41) is 4.26. The quantitative estimate of drug-likeness (QED) is 0.918. The van der Waals surface area contributed by atoms with Crippen molar-refractivity contribution in [3.63, 3.8) is 0 Å². The first-order valence-corrected chi connectivity index (χ1v) is 7.26. The molecule has 0 saturated carbocycles. The second-order valence-corrected chi connectivity index (χ2v) is 6.30. The molecule has 1 N–H and O–H groups in total. The van der Waals surface area contributed by atoms with Crippen molar-refractivity contribution in [2.45, 2.75) is 24.6 Å². The highest BCUT2D eigenvalue weighted by Gasteiger charge is 2.24. The van der Waals surface area contributed by atoms with Crippen molar-refractivity contribution in [3.8, 4) is 5.75 Å². The molecule has 2 atom stereocenters. The second-order valence-electron chi connectivity index (χ2n) is 3.96. The molecule has 1 aliphatic heterocycles. The van der Waals surface area contributed by atoms with Crippen LogP contribution in [0.5, 0.6) is 5.75 Å². The van der Waals surface area contributed by atoms with Gasteiger partial charge in [0.05, 0.1) is 12.8 Å². The minimum Gasteiger partial charge on any atom is -0.497 e. The van der Waals surface area contributed by atoms with Crippen molar-refractivity contribution in [1.82, 2.24) is 0 Å². The summed E-state index contributed by atoms with van der Waals surface area (Å²) in [6, 6.07) is 6.59. The zero-order chi connectivity index (χ0) is 11.5. The number of halogens is 1. The third-order valence-corrected chi connectivity index (χ3v) is 4.91. The summed E-state index contributed by atoms with van der Waals surface area (Å²) in [7, 11) is 1.70. The van der Waals surface area contributed by atoms with E-state index in [0.29, 0.717) is 11.3 Å². The normalized spacial score (nSPS) is 24.4. The van der Waals surface area contributed by atoms with Crippen molar-refractivity contribution < 1.29 is 4.74 Å². The molecule has 88 valence electrons. The van der Waals surface area contributed by atoms with Crippen molar-refractivity contribution in [2.75, 3.05) is 18.2 Å². The van der Waals surface area contributed by atoms with Gasteiger partial charge in [-0.2, -0.15) is 11.8 Å². The lowest BCUT2D eigenvalue weighted by Crippen LogP contribution is -2.24. The van der Waals surface area contributed by atoms with Gasteiger partial charge in [-0.15, -0.1) is 0 Å². The largest absolute Gasteiger partial charge is 0.497 e. The number of rotatable bonds is 3. The van der Waals surface area contributed by atoms with Gasteiger partial charge < -0.3 is 10.1 Å². The molecule has 1 saturated heterocycles. The van der Waals surface area contributed by atoms with Crippen LogP contribution in [0.15, 0.2) is 22.7 Å². The first-order valence-electron chi connectivity index (χ1n) is 5.42. The number of anilines is 1. The molecule has 0 aliphatic carbocycles. The number of hydrogen-bond donors (Lipinski definition) is 1. The molecular formula is C12H16BrNOS. The number of nitrogens with one attached hydrogen (secondary N) is 1. The number of hydrogen-bond acceptors (Lipinski definition) is 3. The summed E-state index contributed by atoms with van der Waals surface area (Å²) in [5.74, 6) is 2.14. The van der Waals surface area contributed by atoms with Crippen LogP contribution in [0.4, 0.5) is 5.69 Å².